The van der Waals surface area contributed by atoms with E-state index in [9.17, 15) is 26.3 Å². The van der Waals surface area contributed by atoms with Crippen molar-refractivity contribution in [2.75, 3.05) is 7.11 Å². The fraction of sp³-hybridized carbons (Fsp3) is 0.130. The highest BCUT2D eigenvalue weighted by molar-refractivity contribution is 6.32. The molecule has 0 unspecified atom stereocenters. The van der Waals surface area contributed by atoms with Crippen LogP contribution in [0.15, 0.2) is 66.9 Å². The Bertz CT molecular complexity index is 1140. The van der Waals surface area contributed by atoms with E-state index in [0.717, 1.165) is 36.4 Å². The zero-order valence-electron chi connectivity index (χ0n) is 16.9. The van der Waals surface area contributed by atoms with Gasteiger partial charge in [0.1, 0.15) is 11.6 Å². The first-order valence-corrected chi connectivity index (χ1v) is 9.60. The summed E-state index contributed by atoms with van der Waals surface area (Å²) in [7, 11) is 1.47. The van der Waals surface area contributed by atoms with Crippen molar-refractivity contribution in [2.45, 2.75) is 12.7 Å². The smallest absolute Gasteiger partial charge is 0.426 e. The number of methoxy groups -OCH3 is 1. The molecule has 33 heavy (non-hydrogen) atoms. The highest BCUT2D eigenvalue weighted by Crippen LogP contribution is 2.37. The third-order valence-corrected chi connectivity index (χ3v) is 4.64. The van der Waals surface area contributed by atoms with Crippen LogP contribution in [0, 0.1) is 11.6 Å². The van der Waals surface area contributed by atoms with Gasteiger partial charge in [-0.05, 0) is 47.5 Å². The summed E-state index contributed by atoms with van der Waals surface area (Å²) in [6, 6.07) is 9.99. The molecule has 0 amide bonds. The Hall–Kier alpha value is -3.17. The lowest BCUT2D eigenvalue weighted by atomic mass is 10.0. The number of hydrogen-bond donors (Lipinski definition) is 0. The molecule has 0 aliphatic carbocycles. The quantitative estimate of drug-likeness (QED) is 0.240. The van der Waals surface area contributed by atoms with Gasteiger partial charge in [0.25, 0.3) is 0 Å². The van der Waals surface area contributed by atoms with Crippen molar-refractivity contribution >= 4 is 11.6 Å². The lowest BCUT2D eigenvalue weighted by Gasteiger charge is -2.19. The zero-order valence-corrected chi connectivity index (χ0v) is 17.6. The van der Waals surface area contributed by atoms with E-state index in [1.165, 1.54) is 19.2 Å². The standard InChI is InChI=1S/C23H15ClF6O3/c1-31-11-13-2-4-15(5-3-13)23(29,30)33-16-6-7-17(19(25)10-16)14-8-18(24)22(20(26)9-14)32-12-21(27)28/h2-10,12H,11H2,1H3. The van der Waals surface area contributed by atoms with Gasteiger partial charge in [-0.25, -0.2) is 8.78 Å². The predicted octanol–water partition coefficient (Wildman–Crippen LogP) is 7.68. The average Bonchev–Trinajstić information content (AvgIpc) is 2.73. The normalized spacial score (nSPS) is 11.3. The number of alkyl halides is 2. The summed E-state index contributed by atoms with van der Waals surface area (Å²) in [6.07, 6.45) is -5.96. The summed E-state index contributed by atoms with van der Waals surface area (Å²) in [5.41, 5.74) is -0.0242. The second kappa shape index (κ2) is 10.2. The van der Waals surface area contributed by atoms with Gasteiger partial charge >= 0.3 is 12.2 Å². The van der Waals surface area contributed by atoms with E-state index >= 15 is 0 Å². The molecule has 0 aliphatic heterocycles. The maximum absolute atomic E-state index is 14.6. The Kier molecular flexibility index (Phi) is 7.55. The molecule has 0 fully saturated rings. The summed E-state index contributed by atoms with van der Waals surface area (Å²) < 4.78 is 96.1. The first-order valence-electron chi connectivity index (χ1n) is 9.22. The molecule has 0 atom stereocenters. The Morgan fingerprint density at radius 3 is 2.24 bits per heavy atom. The van der Waals surface area contributed by atoms with Gasteiger partial charge in [0.05, 0.1) is 17.2 Å². The van der Waals surface area contributed by atoms with E-state index in [1.54, 1.807) is 0 Å². The van der Waals surface area contributed by atoms with E-state index < -0.39 is 45.9 Å². The van der Waals surface area contributed by atoms with Gasteiger partial charge < -0.3 is 14.2 Å². The lowest BCUT2D eigenvalue weighted by molar-refractivity contribution is -0.185. The van der Waals surface area contributed by atoms with Crippen molar-refractivity contribution in [3.63, 3.8) is 0 Å². The van der Waals surface area contributed by atoms with Crippen LogP contribution in [0.1, 0.15) is 11.1 Å². The second-order valence-electron chi connectivity index (χ2n) is 6.68. The minimum absolute atomic E-state index is 0.00197. The van der Waals surface area contributed by atoms with Crippen LogP contribution < -0.4 is 9.47 Å². The molecule has 0 radical (unpaired) electrons. The van der Waals surface area contributed by atoms with Gasteiger partial charge in [-0.15, -0.1) is 0 Å². The Balaban J connectivity index is 1.83. The maximum Gasteiger partial charge on any atom is 0.426 e. The first kappa shape index (κ1) is 24.5. The van der Waals surface area contributed by atoms with Crippen molar-refractivity contribution in [3.05, 3.63) is 94.7 Å². The topological polar surface area (TPSA) is 27.7 Å². The van der Waals surface area contributed by atoms with Gasteiger partial charge in [-0.1, -0.05) is 23.7 Å². The molecule has 10 heteroatoms. The van der Waals surface area contributed by atoms with Gasteiger partial charge in [-0.2, -0.15) is 17.6 Å². The van der Waals surface area contributed by atoms with Crippen LogP contribution in [0.2, 0.25) is 5.02 Å². The monoisotopic (exact) mass is 488 g/mol. The van der Waals surface area contributed by atoms with Gasteiger partial charge in [0, 0.05) is 18.7 Å². The molecule has 174 valence electrons. The predicted molar refractivity (Wildman–Crippen MR) is 109 cm³/mol. The number of ether oxygens (including phenoxy) is 3. The summed E-state index contributed by atoms with van der Waals surface area (Å²) in [6.45, 7) is 0.251. The van der Waals surface area contributed by atoms with Crippen molar-refractivity contribution in [2.24, 2.45) is 0 Å². The SMILES string of the molecule is COCc1ccc(C(F)(F)Oc2ccc(-c3cc(F)c(OC=C(F)F)c(Cl)c3)c(F)c2)cc1. The average molecular weight is 489 g/mol. The van der Waals surface area contributed by atoms with Crippen LogP contribution in [0.3, 0.4) is 0 Å². The molecule has 0 saturated heterocycles. The van der Waals surface area contributed by atoms with Crippen LogP contribution in [0.25, 0.3) is 11.1 Å². The third kappa shape index (κ3) is 6.00. The second-order valence-corrected chi connectivity index (χ2v) is 7.09. The largest absolute Gasteiger partial charge is 0.455 e. The lowest BCUT2D eigenvalue weighted by Crippen LogP contribution is -2.22. The zero-order chi connectivity index (χ0) is 24.2. The number of benzene rings is 3. The van der Waals surface area contributed by atoms with Crippen LogP contribution in [-0.2, 0) is 17.5 Å². The summed E-state index contributed by atoms with van der Waals surface area (Å²) >= 11 is 5.84. The van der Waals surface area contributed by atoms with E-state index in [4.69, 9.17) is 16.3 Å². The summed E-state index contributed by atoms with van der Waals surface area (Å²) in [4.78, 5) is 0. The molecule has 0 spiro atoms. The van der Waals surface area contributed by atoms with Gasteiger partial charge in [0.15, 0.2) is 17.8 Å². The highest BCUT2D eigenvalue weighted by Gasteiger charge is 2.34. The van der Waals surface area contributed by atoms with Crippen LogP contribution in [0.5, 0.6) is 11.5 Å². The third-order valence-electron chi connectivity index (χ3n) is 4.36. The fourth-order valence-corrected chi connectivity index (χ4v) is 3.15. The Morgan fingerprint density at radius 1 is 0.970 bits per heavy atom. The summed E-state index contributed by atoms with van der Waals surface area (Å²) in [5, 5.41) is -0.398. The molecular formula is C23H15ClF6O3. The van der Waals surface area contributed by atoms with E-state index in [1.807, 2.05) is 0 Å². The fourth-order valence-electron chi connectivity index (χ4n) is 2.89. The first-order chi connectivity index (χ1) is 15.6. The molecule has 3 rings (SSSR count). The van der Waals surface area contributed by atoms with Crippen molar-refractivity contribution < 1.29 is 40.6 Å². The van der Waals surface area contributed by atoms with E-state index in [2.05, 4.69) is 9.47 Å². The molecule has 0 N–H and O–H groups in total. The molecule has 0 bridgehead atoms. The molecule has 3 aromatic rings. The number of hydrogen-bond acceptors (Lipinski definition) is 3. The van der Waals surface area contributed by atoms with E-state index in [-0.39, 0.29) is 24.0 Å². The van der Waals surface area contributed by atoms with Crippen molar-refractivity contribution in [3.8, 4) is 22.6 Å². The van der Waals surface area contributed by atoms with E-state index in [0.29, 0.717) is 11.6 Å². The minimum atomic E-state index is -3.76. The Labute approximate surface area is 189 Å². The molecular weight excluding hydrogens is 474 g/mol. The molecule has 3 nitrogen and oxygen atoms in total. The molecule has 0 aliphatic rings. The molecule has 3 aromatic carbocycles. The minimum Gasteiger partial charge on any atom is -0.455 e. The van der Waals surface area contributed by atoms with Crippen molar-refractivity contribution in [1.29, 1.82) is 0 Å². The van der Waals surface area contributed by atoms with Crippen LogP contribution in [0.4, 0.5) is 26.3 Å². The van der Waals surface area contributed by atoms with Gasteiger partial charge in [-0.3, -0.25) is 0 Å². The maximum atomic E-state index is 14.6. The number of rotatable bonds is 8. The van der Waals surface area contributed by atoms with Gasteiger partial charge in [0.2, 0.25) is 0 Å². The molecule has 0 heterocycles. The molecule has 0 aromatic heterocycles. The highest BCUT2D eigenvalue weighted by atomic mass is 35.5. The summed E-state index contributed by atoms with van der Waals surface area (Å²) in [5.74, 6) is -3.28. The van der Waals surface area contributed by atoms with Crippen molar-refractivity contribution in [1.82, 2.24) is 0 Å². The van der Waals surface area contributed by atoms with Crippen LogP contribution in [-0.4, -0.2) is 7.11 Å². The van der Waals surface area contributed by atoms with Crippen LogP contribution >= 0.6 is 11.6 Å². The Morgan fingerprint density at radius 2 is 1.67 bits per heavy atom. The molecule has 0 saturated carbocycles. The number of halogens is 7.